The van der Waals surface area contributed by atoms with Gasteiger partial charge in [-0.25, -0.2) is 4.98 Å². The summed E-state index contributed by atoms with van der Waals surface area (Å²) in [6.07, 6.45) is 3.44. The van der Waals surface area contributed by atoms with Gasteiger partial charge in [0.2, 0.25) is 5.91 Å². The number of hydrogen-bond donors (Lipinski definition) is 2. The number of carbonyl (C=O) groups is 1. The molecule has 0 unspecified atom stereocenters. The second-order valence-electron chi connectivity index (χ2n) is 6.71. The van der Waals surface area contributed by atoms with Gasteiger partial charge in [0.1, 0.15) is 5.82 Å². The van der Waals surface area contributed by atoms with Gasteiger partial charge in [-0.2, -0.15) is 0 Å². The molecule has 0 saturated carbocycles. The fourth-order valence-corrected chi connectivity index (χ4v) is 3.29. The van der Waals surface area contributed by atoms with Gasteiger partial charge in [0.15, 0.2) is 0 Å². The van der Waals surface area contributed by atoms with E-state index in [9.17, 15) is 9.90 Å². The molecule has 0 spiro atoms. The van der Waals surface area contributed by atoms with E-state index in [2.05, 4.69) is 21.3 Å². The molecule has 3 rings (SSSR count). The van der Waals surface area contributed by atoms with Crippen LogP contribution in [-0.2, 0) is 4.79 Å². The van der Waals surface area contributed by atoms with Crippen molar-refractivity contribution >= 4 is 11.7 Å². The predicted octanol–water partition coefficient (Wildman–Crippen LogP) is 1.57. The average molecular weight is 348 g/mol. The highest BCUT2D eigenvalue weighted by atomic mass is 16.3. The van der Waals surface area contributed by atoms with Gasteiger partial charge in [-0.05, 0) is 44.5 Å². The lowest BCUT2D eigenvalue weighted by Crippen LogP contribution is -2.52. The summed E-state index contributed by atoms with van der Waals surface area (Å²) >= 11 is 0. The largest absolute Gasteiger partial charge is 0.389 e. The van der Waals surface area contributed by atoms with E-state index < -0.39 is 5.60 Å². The molecule has 2 fully saturated rings. The minimum atomic E-state index is -0.821. The Labute approximate surface area is 151 Å². The number of aliphatic hydroxyl groups is 1. The number of carbonyl (C=O) groups excluding carboxylic acids is 1. The third-order valence-corrected chi connectivity index (χ3v) is 4.87. The highest BCUT2D eigenvalue weighted by molar-refractivity contribution is 5.77. The molecule has 1 aromatic heterocycles. The minimum absolute atomic E-state index is 0.0749. The molecule has 25 heavy (non-hydrogen) atoms. The number of nitrogens with zero attached hydrogens (tertiary/aromatic N) is 3. The Bertz CT molecular complexity index is 533. The standard InChI is InChI=1S/C17H26N4O2.C2H6/c1-14-2-3-15(19-13-14)20-8-10-21(11-9-20)16(22)12-17(23)4-6-18-7-5-17;1-2/h2-3,13,18,23H,4-12H2,1H3;1-2H3. The molecule has 3 heterocycles. The Kier molecular flexibility index (Phi) is 7.20. The summed E-state index contributed by atoms with van der Waals surface area (Å²) < 4.78 is 0. The van der Waals surface area contributed by atoms with Gasteiger partial charge >= 0.3 is 0 Å². The van der Waals surface area contributed by atoms with E-state index in [0.29, 0.717) is 25.9 Å². The van der Waals surface area contributed by atoms with Gasteiger partial charge < -0.3 is 20.2 Å². The molecule has 2 aliphatic rings. The fourth-order valence-electron chi connectivity index (χ4n) is 3.29. The minimum Gasteiger partial charge on any atom is -0.389 e. The van der Waals surface area contributed by atoms with Crippen molar-refractivity contribution in [1.82, 2.24) is 15.2 Å². The third kappa shape index (κ3) is 5.41. The molecule has 0 aromatic carbocycles. The van der Waals surface area contributed by atoms with E-state index in [1.165, 1.54) is 0 Å². The lowest BCUT2D eigenvalue weighted by Gasteiger charge is -2.38. The van der Waals surface area contributed by atoms with Crippen molar-refractivity contribution in [3.8, 4) is 0 Å². The van der Waals surface area contributed by atoms with Crippen LogP contribution in [0.3, 0.4) is 0 Å². The Balaban J connectivity index is 0.00000109. The number of anilines is 1. The molecule has 1 aromatic rings. The third-order valence-electron chi connectivity index (χ3n) is 4.87. The molecule has 0 atom stereocenters. The molecule has 0 radical (unpaired) electrons. The maximum Gasteiger partial charge on any atom is 0.225 e. The zero-order valence-corrected chi connectivity index (χ0v) is 15.8. The van der Waals surface area contributed by atoms with E-state index in [1.807, 2.05) is 37.9 Å². The molecule has 0 bridgehead atoms. The average Bonchev–Trinajstić information content (AvgIpc) is 2.64. The normalized spacial score (nSPS) is 19.8. The monoisotopic (exact) mass is 348 g/mol. The number of amides is 1. The molecule has 0 aliphatic carbocycles. The van der Waals surface area contributed by atoms with Crippen LogP contribution in [0.25, 0.3) is 0 Å². The number of piperidine rings is 1. The van der Waals surface area contributed by atoms with Crippen LogP contribution in [0, 0.1) is 6.92 Å². The van der Waals surface area contributed by atoms with Gasteiger partial charge in [-0.15, -0.1) is 0 Å². The summed E-state index contributed by atoms with van der Waals surface area (Å²) in [5.41, 5.74) is 0.329. The van der Waals surface area contributed by atoms with E-state index in [0.717, 1.165) is 37.6 Å². The number of nitrogens with one attached hydrogen (secondary N) is 1. The van der Waals surface area contributed by atoms with E-state index in [1.54, 1.807) is 0 Å². The predicted molar refractivity (Wildman–Crippen MR) is 101 cm³/mol. The van der Waals surface area contributed by atoms with Crippen molar-refractivity contribution in [3.63, 3.8) is 0 Å². The highest BCUT2D eigenvalue weighted by Crippen LogP contribution is 2.23. The van der Waals surface area contributed by atoms with E-state index in [-0.39, 0.29) is 12.3 Å². The number of aryl methyl sites for hydroxylation is 1. The topological polar surface area (TPSA) is 68.7 Å². The number of hydrogen-bond acceptors (Lipinski definition) is 5. The van der Waals surface area contributed by atoms with Crippen LogP contribution in [0.2, 0.25) is 0 Å². The van der Waals surface area contributed by atoms with Crippen LogP contribution >= 0.6 is 0 Å². The van der Waals surface area contributed by atoms with Gasteiger partial charge in [0.25, 0.3) is 0 Å². The smallest absolute Gasteiger partial charge is 0.225 e. The van der Waals surface area contributed by atoms with Crippen LogP contribution < -0.4 is 10.2 Å². The number of pyridine rings is 1. The van der Waals surface area contributed by atoms with Gasteiger partial charge in [-0.1, -0.05) is 19.9 Å². The van der Waals surface area contributed by atoms with Crippen molar-refractivity contribution in [3.05, 3.63) is 23.9 Å². The molecule has 140 valence electrons. The fraction of sp³-hybridized carbons (Fsp3) is 0.684. The first-order valence-electron chi connectivity index (χ1n) is 9.44. The molecule has 2 saturated heterocycles. The van der Waals surface area contributed by atoms with Crippen LogP contribution in [0.5, 0.6) is 0 Å². The zero-order valence-electron chi connectivity index (χ0n) is 15.8. The second kappa shape index (κ2) is 9.15. The van der Waals surface area contributed by atoms with Crippen molar-refractivity contribution in [2.45, 2.75) is 45.6 Å². The van der Waals surface area contributed by atoms with Gasteiger partial charge in [0.05, 0.1) is 12.0 Å². The molecule has 1 amide bonds. The molecular weight excluding hydrogens is 316 g/mol. The molecule has 2 N–H and O–H groups in total. The Hall–Kier alpha value is -1.66. The molecule has 6 heteroatoms. The first-order chi connectivity index (χ1) is 12.1. The van der Waals surface area contributed by atoms with Crippen molar-refractivity contribution in [1.29, 1.82) is 0 Å². The maximum atomic E-state index is 12.5. The lowest BCUT2D eigenvalue weighted by molar-refractivity contribution is -0.137. The summed E-state index contributed by atoms with van der Waals surface area (Å²) in [4.78, 5) is 21.0. The summed E-state index contributed by atoms with van der Waals surface area (Å²) in [6.45, 7) is 10.6. The summed E-state index contributed by atoms with van der Waals surface area (Å²) in [5, 5.41) is 13.7. The van der Waals surface area contributed by atoms with Gasteiger partial charge in [-0.3, -0.25) is 4.79 Å². The first kappa shape index (κ1) is 19.7. The summed E-state index contributed by atoms with van der Waals surface area (Å²) in [7, 11) is 0. The van der Waals surface area contributed by atoms with Crippen LogP contribution in [0.1, 0.15) is 38.7 Å². The van der Waals surface area contributed by atoms with Crippen LogP contribution in [0.15, 0.2) is 18.3 Å². The summed E-state index contributed by atoms with van der Waals surface area (Å²) in [6, 6.07) is 4.09. The molecule has 6 nitrogen and oxygen atoms in total. The Morgan fingerprint density at radius 3 is 2.40 bits per heavy atom. The number of aromatic nitrogens is 1. The Morgan fingerprint density at radius 2 is 1.84 bits per heavy atom. The number of piperazine rings is 1. The second-order valence-corrected chi connectivity index (χ2v) is 6.71. The molecular formula is C19H32N4O2. The molecule has 2 aliphatic heterocycles. The van der Waals surface area contributed by atoms with Crippen molar-refractivity contribution < 1.29 is 9.90 Å². The zero-order chi connectivity index (χ0) is 18.3. The first-order valence-corrected chi connectivity index (χ1v) is 9.44. The van der Waals surface area contributed by atoms with Crippen molar-refractivity contribution in [2.24, 2.45) is 0 Å². The maximum absolute atomic E-state index is 12.5. The quantitative estimate of drug-likeness (QED) is 0.868. The van der Waals surface area contributed by atoms with Crippen LogP contribution in [0.4, 0.5) is 5.82 Å². The van der Waals surface area contributed by atoms with Crippen molar-refractivity contribution in [2.75, 3.05) is 44.2 Å². The summed E-state index contributed by atoms with van der Waals surface area (Å²) in [5.74, 6) is 1.05. The van der Waals surface area contributed by atoms with E-state index in [4.69, 9.17) is 0 Å². The SMILES string of the molecule is CC.Cc1ccc(N2CCN(C(=O)CC3(O)CCNCC3)CC2)nc1. The lowest BCUT2D eigenvalue weighted by atomic mass is 9.88. The number of rotatable bonds is 3. The van der Waals surface area contributed by atoms with Crippen LogP contribution in [-0.4, -0.2) is 65.8 Å². The van der Waals surface area contributed by atoms with Gasteiger partial charge in [0, 0.05) is 32.4 Å². The van der Waals surface area contributed by atoms with E-state index >= 15 is 0 Å². The Morgan fingerprint density at radius 1 is 1.20 bits per heavy atom. The highest BCUT2D eigenvalue weighted by Gasteiger charge is 2.34.